The highest BCUT2D eigenvalue weighted by Crippen LogP contribution is 2.19. The summed E-state index contributed by atoms with van der Waals surface area (Å²) in [5.74, 6) is 0. The Morgan fingerprint density at radius 1 is 1.27 bits per heavy atom. The third-order valence-electron chi connectivity index (χ3n) is 1.59. The van der Waals surface area contributed by atoms with Gasteiger partial charge >= 0.3 is 0 Å². The van der Waals surface area contributed by atoms with Crippen LogP contribution in [-0.2, 0) is 5.41 Å². The Bertz CT molecular complexity index is 228. The molecule has 0 unspecified atom stereocenters. The van der Waals surface area contributed by atoms with Gasteiger partial charge in [0.25, 0.3) is 0 Å². The molecule has 1 aromatic heterocycles. The maximum Gasteiger partial charge on any atom is 0.0457 e. The van der Waals surface area contributed by atoms with Crippen LogP contribution in [0.2, 0.25) is 0 Å². The molecule has 0 N–H and O–H groups in total. The molecule has 1 nitrogen and oxygen atoms in total. The predicted molar refractivity (Wildman–Crippen MR) is 47.4 cm³/mol. The van der Waals surface area contributed by atoms with Gasteiger partial charge in [0.05, 0.1) is 0 Å². The molecule has 0 atom stereocenters. The van der Waals surface area contributed by atoms with Gasteiger partial charge in [0.15, 0.2) is 0 Å². The van der Waals surface area contributed by atoms with Gasteiger partial charge in [0.2, 0.25) is 0 Å². The Kier molecular flexibility index (Phi) is 1.99. The molecule has 0 aliphatic heterocycles. The number of nitrogens with zero attached hydrogens (tertiary/aromatic N) is 1. The second-order valence-corrected chi connectivity index (χ2v) is 3.80. The van der Waals surface area contributed by atoms with Crippen molar-refractivity contribution in [1.29, 1.82) is 0 Å². The lowest BCUT2D eigenvalue weighted by Crippen LogP contribution is -2.12. The quantitative estimate of drug-likeness (QED) is 0.551. The molecule has 1 heteroatoms. The van der Waals surface area contributed by atoms with Crippen molar-refractivity contribution in [3.8, 4) is 0 Å². The van der Waals surface area contributed by atoms with Crippen molar-refractivity contribution in [2.45, 2.75) is 26.2 Å². The van der Waals surface area contributed by atoms with E-state index in [4.69, 9.17) is 0 Å². The molecule has 0 aliphatic rings. The summed E-state index contributed by atoms with van der Waals surface area (Å²) in [4.78, 5) is 4.29. The molecule has 1 heterocycles. The number of hydrogen-bond acceptors (Lipinski definition) is 1. The van der Waals surface area contributed by atoms with E-state index in [9.17, 15) is 0 Å². The lowest BCUT2D eigenvalue weighted by molar-refractivity contribution is 0.569. The summed E-state index contributed by atoms with van der Waals surface area (Å²) < 4.78 is 0. The van der Waals surface area contributed by atoms with E-state index >= 15 is 0 Å². The Morgan fingerprint density at radius 3 is 2.27 bits per heavy atom. The van der Waals surface area contributed by atoms with Gasteiger partial charge < -0.3 is 0 Å². The minimum absolute atomic E-state index is 0.147. The minimum atomic E-state index is 0.147. The van der Waals surface area contributed by atoms with Gasteiger partial charge in [-0.1, -0.05) is 26.8 Å². The average molecular weight is 148 g/mol. The number of hydrogen-bond donors (Lipinski definition) is 0. The first-order chi connectivity index (χ1) is 5.00. The van der Waals surface area contributed by atoms with Gasteiger partial charge in [-0.2, -0.15) is 0 Å². The first kappa shape index (κ1) is 8.25. The van der Waals surface area contributed by atoms with E-state index in [0.717, 1.165) is 11.3 Å². The van der Waals surface area contributed by atoms with E-state index in [0.29, 0.717) is 0 Å². The molecule has 1 rings (SSSR count). The normalized spacial score (nSPS) is 11.6. The zero-order chi connectivity index (χ0) is 8.48. The van der Waals surface area contributed by atoms with Crippen molar-refractivity contribution >= 4 is 0 Å². The summed E-state index contributed by atoms with van der Waals surface area (Å²) in [5, 5.41) is 0. The van der Waals surface area contributed by atoms with Gasteiger partial charge in [0, 0.05) is 17.3 Å². The largest absolute Gasteiger partial charge is 0.260 e. The van der Waals surface area contributed by atoms with E-state index in [-0.39, 0.29) is 5.41 Å². The van der Waals surface area contributed by atoms with Gasteiger partial charge in [-0.15, -0.1) is 0 Å². The SMILES string of the molecule is [CH2]c1ccc(C(C)(C)C)nc1. The molecule has 0 aliphatic carbocycles. The number of rotatable bonds is 0. The Morgan fingerprint density at radius 2 is 1.91 bits per heavy atom. The second-order valence-electron chi connectivity index (χ2n) is 3.80. The molecule has 1 aromatic rings. The first-order valence-electron chi connectivity index (χ1n) is 3.78. The van der Waals surface area contributed by atoms with Crippen molar-refractivity contribution in [1.82, 2.24) is 4.98 Å². The monoisotopic (exact) mass is 148 g/mol. The van der Waals surface area contributed by atoms with Gasteiger partial charge in [-0.3, -0.25) is 4.98 Å². The molecule has 0 spiro atoms. The smallest absolute Gasteiger partial charge is 0.0457 e. The molecule has 0 saturated heterocycles. The van der Waals surface area contributed by atoms with E-state index in [1.165, 1.54) is 0 Å². The predicted octanol–water partition coefficient (Wildman–Crippen LogP) is 2.56. The van der Waals surface area contributed by atoms with E-state index in [1.54, 1.807) is 6.20 Å². The molecule has 0 saturated carbocycles. The van der Waals surface area contributed by atoms with Crippen LogP contribution >= 0.6 is 0 Å². The Hall–Kier alpha value is -0.850. The lowest BCUT2D eigenvalue weighted by Gasteiger charge is -2.16. The molecule has 0 fully saturated rings. The van der Waals surface area contributed by atoms with Crippen LogP contribution in [0.5, 0.6) is 0 Å². The van der Waals surface area contributed by atoms with E-state index < -0.39 is 0 Å². The van der Waals surface area contributed by atoms with Crippen LogP contribution in [0.15, 0.2) is 18.3 Å². The molecular weight excluding hydrogens is 134 g/mol. The third-order valence-corrected chi connectivity index (χ3v) is 1.59. The Balaban J connectivity index is 2.99. The second kappa shape index (κ2) is 2.65. The van der Waals surface area contributed by atoms with Crippen LogP contribution in [-0.4, -0.2) is 4.98 Å². The van der Waals surface area contributed by atoms with Crippen LogP contribution in [0.4, 0.5) is 0 Å². The summed E-state index contributed by atoms with van der Waals surface area (Å²) in [6.45, 7) is 10.2. The molecule has 0 bridgehead atoms. The standard InChI is InChI=1S/C10H14N/c1-8-5-6-9(11-7-8)10(2,3)4/h5-7H,1H2,2-4H3. The highest BCUT2D eigenvalue weighted by atomic mass is 14.7. The summed E-state index contributed by atoms with van der Waals surface area (Å²) >= 11 is 0. The van der Waals surface area contributed by atoms with Crippen molar-refractivity contribution in [2.24, 2.45) is 0 Å². The minimum Gasteiger partial charge on any atom is -0.260 e. The fraction of sp³-hybridized carbons (Fsp3) is 0.400. The highest BCUT2D eigenvalue weighted by Gasteiger charge is 2.13. The van der Waals surface area contributed by atoms with Crippen LogP contribution in [0, 0.1) is 6.92 Å². The van der Waals surface area contributed by atoms with Crippen LogP contribution < -0.4 is 0 Å². The Labute approximate surface area is 68.5 Å². The first-order valence-corrected chi connectivity index (χ1v) is 3.78. The van der Waals surface area contributed by atoms with Crippen LogP contribution in [0.1, 0.15) is 32.0 Å². The summed E-state index contributed by atoms with van der Waals surface area (Å²) in [6, 6.07) is 4.02. The zero-order valence-electron chi connectivity index (χ0n) is 7.39. The van der Waals surface area contributed by atoms with Gasteiger partial charge in [-0.05, 0) is 18.6 Å². The van der Waals surface area contributed by atoms with E-state index in [2.05, 4.69) is 32.7 Å². The molecular formula is C10H14N. The molecule has 0 amide bonds. The molecule has 1 radical (unpaired) electrons. The van der Waals surface area contributed by atoms with Crippen LogP contribution in [0.3, 0.4) is 0 Å². The third kappa shape index (κ3) is 2.04. The van der Waals surface area contributed by atoms with Gasteiger partial charge in [-0.25, -0.2) is 0 Å². The molecule has 11 heavy (non-hydrogen) atoms. The van der Waals surface area contributed by atoms with Crippen molar-refractivity contribution < 1.29 is 0 Å². The maximum atomic E-state index is 4.29. The lowest BCUT2D eigenvalue weighted by atomic mass is 9.91. The maximum absolute atomic E-state index is 4.29. The average Bonchev–Trinajstić information content (AvgIpc) is 1.86. The number of aromatic nitrogens is 1. The highest BCUT2D eigenvalue weighted by molar-refractivity contribution is 5.20. The topological polar surface area (TPSA) is 12.9 Å². The fourth-order valence-corrected chi connectivity index (χ4v) is 0.868. The van der Waals surface area contributed by atoms with Gasteiger partial charge in [0.1, 0.15) is 0 Å². The van der Waals surface area contributed by atoms with Crippen molar-refractivity contribution in [3.05, 3.63) is 36.5 Å². The van der Waals surface area contributed by atoms with Crippen molar-refractivity contribution in [2.75, 3.05) is 0 Å². The summed E-state index contributed by atoms with van der Waals surface area (Å²) in [6.07, 6.45) is 1.81. The van der Waals surface area contributed by atoms with Crippen LogP contribution in [0.25, 0.3) is 0 Å². The van der Waals surface area contributed by atoms with E-state index in [1.807, 2.05) is 12.1 Å². The number of pyridine rings is 1. The fourth-order valence-electron chi connectivity index (χ4n) is 0.868. The molecule has 59 valence electrons. The zero-order valence-corrected chi connectivity index (χ0v) is 7.39. The molecule has 0 aromatic carbocycles. The summed E-state index contributed by atoms with van der Waals surface area (Å²) in [5.41, 5.74) is 2.23. The van der Waals surface area contributed by atoms with Crippen molar-refractivity contribution in [3.63, 3.8) is 0 Å². The summed E-state index contributed by atoms with van der Waals surface area (Å²) in [7, 11) is 0.